The van der Waals surface area contributed by atoms with Gasteiger partial charge in [-0.25, -0.2) is 12.8 Å². The molecule has 0 bridgehead atoms. The number of benzene rings is 4. The summed E-state index contributed by atoms with van der Waals surface area (Å²) in [5, 5.41) is 14.4. The fourth-order valence-electron chi connectivity index (χ4n) is 4.98. The van der Waals surface area contributed by atoms with Gasteiger partial charge in [0.15, 0.2) is 0 Å². The number of likely N-dealkylation sites (N-methyl/N-ethyl adjacent to an activating group) is 1. The van der Waals surface area contributed by atoms with E-state index >= 15 is 0 Å². The molecule has 0 saturated heterocycles. The van der Waals surface area contributed by atoms with Gasteiger partial charge in [0.1, 0.15) is 24.2 Å². The fourth-order valence-corrected chi connectivity index (χ4v) is 6.42. The average Bonchev–Trinajstić information content (AvgIpc) is 3.06. The number of aryl methyl sites for hydroxylation is 1. The van der Waals surface area contributed by atoms with Crippen LogP contribution in [0.4, 0.5) is 15.8 Å². The molecule has 0 aromatic heterocycles. The zero-order valence-electron chi connectivity index (χ0n) is 26.1. The van der Waals surface area contributed by atoms with E-state index in [4.69, 9.17) is 4.74 Å². The van der Waals surface area contributed by atoms with Gasteiger partial charge in [0.05, 0.1) is 22.6 Å². The number of hydrogen-bond acceptors (Lipinski definition) is 7. The van der Waals surface area contributed by atoms with E-state index in [-0.39, 0.29) is 30.8 Å². The second-order valence-corrected chi connectivity index (χ2v) is 12.5. The van der Waals surface area contributed by atoms with Crippen molar-refractivity contribution < 1.29 is 32.1 Å². The van der Waals surface area contributed by atoms with Crippen molar-refractivity contribution in [1.82, 2.24) is 10.2 Å². The van der Waals surface area contributed by atoms with Crippen LogP contribution in [-0.2, 0) is 32.6 Å². The van der Waals surface area contributed by atoms with E-state index in [2.05, 4.69) is 5.32 Å². The van der Waals surface area contributed by atoms with Crippen LogP contribution in [0.5, 0.6) is 5.75 Å². The van der Waals surface area contributed by atoms with Crippen molar-refractivity contribution in [3.63, 3.8) is 0 Å². The Labute approximate surface area is 272 Å². The number of sulfonamides is 1. The molecular weight excluding hydrogens is 627 g/mol. The fraction of sp³-hybridized carbons (Fsp3) is 0.235. The van der Waals surface area contributed by atoms with E-state index in [1.54, 1.807) is 19.1 Å². The van der Waals surface area contributed by atoms with Crippen LogP contribution in [0.2, 0.25) is 0 Å². The average molecular weight is 663 g/mol. The largest absolute Gasteiger partial charge is 0.497 e. The predicted molar refractivity (Wildman–Crippen MR) is 175 cm³/mol. The molecule has 246 valence electrons. The molecule has 13 heteroatoms. The summed E-state index contributed by atoms with van der Waals surface area (Å²) in [5.74, 6) is -1.25. The molecule has 0 heterocycles. The minimum Gasteiger partial charge on any atom is -0.497 e. The van der Waals surface area contributed by atoms with Gasteiger partial charge in [-0.1, -0.05) is 48.5 Å². The van der Waals surface area contributed by atoms with Crippen LogP contribution in [0.3, 0.4) is 0 Å². The third-order valence-electron chi connectivity index (χ3n) is 7.49. The van der Waals surface area contributed by atoms with Crippen LogP contribution in [0.25, 0.3) is 0 Å². The minimum absolute atomic E-state index is 0.0849. The van der Waals surface area contributed by atoms with Crippen molar-refractivity contribution in [3.05, 3.63) is 130 Å². The molecule has 0 spiro atoms. The maximum absolute atomic E-state index is 14.4. The highest BCUT2D eigenvalue weighted by Crippen LogP contribution is 2.30. The number of rotatable bonds is 14. The molecule has 0 aliphatic heterocycles. The third-order valence-corrected chi connectivity index (χ3v) is 9.26. The summed E-state index contributed by atoms with van der Waals surface area (Å²) in [7, 11) is -3.13. The molecule has 47 heavy (non-hydrogen) atoms. The Bertz CT molecular complexity index is 1820. The van der Waals surface area contributed by atoms with E-state index in [1.807, 2.05) is 18.2 Å². The quantitative estimate of drug-likeness (QED) is 0.148. The number of nitro groups is 1. The summed E-state index contributed by atoms with van der Waals surface area (Å²) in [6, 6.07) is 22.8. The molecule has 0 aliphatic rings. The highest BCUT2D eigenvalue weighted by molar-refractivity contribution is 7.92. The Morgan fingerprint density at radius 3 is 2.21 bits per heavy atom. The number of methoxy groups -OCH3 is 1. The highest BCUT2D eigenvalue weighted by Gasteiger charge is 2.35. The smallest absolute Gasteiger partial charge is 0.273 e. The Morgan fingerprint density at radius 1 is 0.957 bits per heavy atom. The third kappa shape index (κ3) is 8.50. The number of amides is 2. The number of anilines is 1. The van der Waals surface area contributed by atoms with Gasteiger partial charge in [-0.2, -0.15) is 0 Å². The molecule has 0 fully saturated rings. The van der Waals surface area contributed by atoms with E-state index in [0.29, 0.717) is 11.3 Å². The Kier molecular flexibility index (Phi) is 11.3. The monoisotopic (exact) mass is 662 g/mol. The number of ether oxygens (including phenoxy) is 1. The maximum Gasteiger partial charge on any atom is 0.273 e. The van der Waals surface area contributed by atoms with Crippen LogP contribution in [0.1, 0.15) is 23.6 Å². The summed E-state index contributed by atoms with van der Waals surface area (Å²) in [6.45, 7) is 2.60. The van der Waals surface area contributed by atoms with Gasteiger partial charge in [0.2, 0.25) is 11.8 Å². The van der Waals surface area contributed by atoms with Crippen LogP contribution < -0.4 is 14.4 Å². The Balaban J connectivity index is 1.83. The lowest BCUT2D eigenvalue weighted by atomic mass is 10.0. The van der Waals surface area contributed by atoms with Gasteiger partial charge < -0.3 is 15.0 Å². The molecule has 4 rings (SSSR count). The van der Waals surface area contributed by atoms with E-state index < -0.39 is 55.7 Å². The number of nitrogens with one attached hydrogen (secondary N) is 1. The van der Waals surface area contributed by atoms with Crippen molar-refractivity contribution in [2.24, 2.45) is 0 Å². The van der Waals surface area contributed by atoms with E-state index in [1.165, 1.54) is 79.6 Å². The normalized spacial score (nSPS) is 11.7. The van der Waals surface area contributed by atoms with Gasteiger partial charge in [0, 0.05) is 31.1 Å². The standard InChI is InChI=1S/C34H35FN4O7S/c1-4-36-34(41)32(20-25-8-6-5-7-9-25)37(22-26-11-13-27(35)14-12-26)33(40)23-38(28-15-17-29(46-3)18-16-28)47(44,45)30-19-10-24(2)31(21-30)39(42)43/h5-19,21,32H,4,20,22-23H2,1-3H3,(H,36,41). The molecule has 0 saturated carbocycles. The van der Waals surface area contributed by atoms with Crippen LogP contribution in [0.15, 0.2) is 102 Å². The Hall–Kier alpha value is -5.30. The zero-order valence-corrected chi connectivity index (χ0v) is 26.9. The summed E-state index contributed by atoms with van der Waals surface area (Å²) in [6.07, 6.45) is 0.110. The van der Waals surface area contributed by atoms with Gasteiger partial charge >= 0.3 is 0 Å². The number of hydrogen-bond donors (Lipinski definition) is 1. The molecule has 4 aromatic carbocycles. The molecule has 1 N–H and O–H groups in total. The first-order chi connectivity index (χ1) is 22.4. The Morgan fingerprint density at radius 2 is 1.62 bits per heavy atom. The topological polar surface area (TPSA) is 139 Å². The number of nitrogens with zero attached hydrogens (tertiary/aromatic N) is 3. The molecular formula is C34H35FN4O7S. The molecule has 0 radical (unpaired) electrons. The van der Waals surface area contributed by atoms with Crippen LogP contribution in [0, 0.1) is 22.9 Å². The highest BCUT2D eigenvalue weighted by atomic mass is 32.2. The first-order valence-electron chi connectivity index (χ1n) is 14.7. The molecule has 2 amide bonds. The lowest BCUT2D eigenvalue weighted by molar-refractivity contribution is -0.385. The number of carbonyl (C=O) groups excluding carboxylic acids is 2. The van der Waals surface area contributed by atoms with Crippen molar-refractivity contribution in [2.45, 2.75) is 37.8 Å². The second-order valence-electron chi connectivity index (χ2n) is 10.7. The lowest BCUT2D eigenvalue weighted by Gasteiger charge is -2.33. The van der Waals surface area contributed by atoms with Crippen molar-refractivity contribution >= 4 is 33.2 Å². The van der Waals surface area contributed by atoms with Crippen LogP contribution in [-0.4, -0.2) is 56.3 Å². The second kappa shape index (κ2) is 15.3. The summed E-state index contributed by atoms with van der Waals surface area (Å²) < 4.78 is 48.3. The van der Waals surface area contributed by atoms with Gasteiger partial charge in [0.25, 0.3) is 15.7 Å². The zero-order chi connectivity index (χ0) is 34.1. The first kappa shape index (κ1) is 34.6. The molecule has 1 unspecified atom stereocenters. The molecule has 0 aliphatic carbocycles. The molecule has 4 aromatic rings. The SMILES string of the molecule is CCNC(=O)C(Cc1ccccc1)N(Cc1ccc(F)cc1)C(=O)CN(c1ccc(OC)cc1)S(=O)(=O)c1ccc(C)c([N+](=O)[O-])c1. The first-order valence-corrected chi connectivity index (χ1v) is 16.2. The predicted octanol–water partition coefficient (Wildman–Crippen LogP) is 5.02. The van der Waals surface area contributed by atoms with Crippen molar-refractivity contribution in [1.29, 1.82) is 0 Å². The van der Waals surface area contributed by atoms with E-state index in [0.717, 1.165) is 15.9 Å². The number of halogens is 1. The molecule has 11 nitrogen and oxygen atoms in total. The summed E-state index contributed by atoms with van der Waals surface area (Å²) in [4.78, 5) is 39.8. The number of carbonyl (C=O) groups is 2. The van der Waals surface area contributed by atoms with E-state index in [9.17, 15) is 32.5 Å². The van der Waals surface area contributed by atoms with Gasteiger partial charge in [-0.3, -0.25) is 24.0 Å². The number of nitro benzene ring substituents is 1. The van der Waals surface area contributed by atoms with Gasteiger partial charge in [-0.15, -0.1) is 0 Å². The van der Waals surface area contributed by atoms with Crippen molar-refractivity contribution in [3.8, 4) is 5.75 Å². The van der Waals surface area contributed by atoms with Gasteiger partial charge in [-0.05, 0) is 67.4 Å². The summed E-state index contributed by atoms with van der Waals surface area (Å²) in [5.41, 5.74) is 1.21. The minimum atomic E-state index is -4.58. The molecule has 1 atom stereocenters. The maximum atomic E-state index is 14.4. The lowest BCUT2D eigenvalue weighted by Crippen LogP contribution is -2.53. The van der Waals surface area contributed by atoms with Crippen molar-refractivity contribution in [2.75, 3.05) is 24.5 Å². The van der Waals surface area contributed by atoms with Crippen LogP contribution >= 0.6 is 0 Å². The summed E-state index contributed by atoms with van der Waals surface area (Å²) >= 11 is 0.